The van der Waals surface area contributed by atoms with Crippen molar-refractivity contribution in [3.8, 4) is 0 Å². The summed E-state index contributed by atoms with van der Waals surface area (Å²) in [4.78, 5) is 5.35. The van der Waals surface area contributed by atoms with Crippen LogP contribution < -0.4 is 9.89 Å². The second-order valence-electron chi connectivity index (χ2n) is 7.48. The van der Waals surface area contributed by atoms with Crippen molar-refractivity contribution in [3.05, 3.63) is 0 Å². The van der Waals surface area contributed by atoms with E-state index in [-0.39, 0.29) is 11.0 Å². The van der Waals surface area contributed by atoms with Gasteiger partial charge in [-0.2, -0.15) is 0 Å². The Kier molecular flexibility index (Phi) is 6.20. The molecule has 2 fully saturated rings. The van der Waals surface area contributed by atoms with Gasteiger partial charge in [-0.25, -0.2) is 0 Å². The first kappa shape index (κ1) is 16.9. The molecular weight excluding hydrogens is 264 g/mol. The smallest absolute Gasteiger partial charge is 0.150 e. The summed E-state index contributed by atoms with van der Waals surface area (Å²) in [5, 5.41) is 0. The molecule has 0 aliphatic carbocycles. The predicted molar refractivity (Wildman–Crippen MR) is 84.9 cm³/mol. The van der Waals surface area contributed by atoms with Crippen LogP contribution >= 0.6 is 0 Å². The van der Waals surface area contributed by atoms with Crippen molar-refractivity contribution in [1.82, 2.24) is 0 Å². The molecule has 2 aliphatic rings. The lowest BCUT2D eigenvalue weighted by Gasteiger charge is -2.41. The van der Waals surface area contributed by atoms with E-state index >= 15 is 0 Å². The van der Waals surface area contributed by atoms with Crippen LogP contribution in [0, 0.1) is 5.41 Å². The summed E-state index contributed by atoms with van der Waals surface area (Å²) in [6, 6.07) is 0. The number of hydrogen-bond donors (Lipinski definition) is 2. The van der Waals surface area contributed by atoms with Gasteiger partial charge in [0, 0.05) is 33.0 Å². The van der Waals surface area contributed by atoms with E-state index in [2.05, 4.69) is 25.1 Å². The minimum atomic E-state index is 0.00211. The number of ether oxygens (including phenoxy) is 2. The van der Waals surface area contributed by atoms with Crippen molar-refractivity contribution in [2.24, 2.45) is 5.41 Å². The fourth-order valence-electron chi connectivity index (χ4n) is 4.00. The molecule has 2 heterocycles. The quantitative estimate of drug-likeness (QED) is 0.488. The van der Waals surface area contributed by atoms with Crippen LogP contribution in [0.4, 0.5) is 0 Å². The molecule has 0 aromatic heterocycles. The highest BCUT2D eigenvalue weighted by Crippen LogP contribution is 2.36. The topological polar surface area (TPSA) is 36.9 Å². The Morgan fingerprint density at radius 1 is 1.29 bits per heavy atom. The lowest BCUT2D eigenvalue weighted by molar-refractivity contribution is -0.893. The molecule has 2 N–H and O–H groups in total. The van der Waals surface area contributed by atoms with E-state index in [1.54, 1.807) is 12.0 Å². The summed E-state index contributed by atoms with van der Waals surface area (Å²) in [7, 11) is 1.77. The number of hydrogen-bond acceptors (Lipinski definition) is 2. The van der Waals surface area contributed by atoms with Gasteiger partial charge in [0.05, 0.1) is 31.8 Å². The highest BCUT2D eigenvalue weighted by atomic mass is 16.5. The van der Waals surface area contributed by atoms with Gasteiger partial charge in [-0.05, 0) is 26.7 Å². The van der Waals surface area contributed by atoms with Crippen molar-refractivity contribution in [2.45, 2.75) is 51.6 Å². The van der Waals surface area contributed by atoms with Crippen molar-refractivity contribution >= 4 is 6.21 Å². The molecule has 0 spiro atoms. The van der Waals surface area contributed by atoms with Crippen LogP contribution in [0.1, 0.15) is 46.0 Å². The normalized spacial score (nSPS) is 30.2. The molecule has 2 aliphatic heterocycles. The summed E-state index contributed by atoms with van der Waals surface area (Å²) in [6.07, 6.45) is 8.54. The number of nitrogens with one attached hydrogen (secondary N) is 2. The van der Waals surface area contributed by atoms with Crippen molar-refractivity contribution in [3.63, 3.8) is 0 Å². The molecule has 0 bridgehead atoms. The average Bonchev–Trinajstić information content (AvgIpc) is 2.90. The second-order valence-corrected chi connectivity index (χ2v) is 7.48. The van der Waals surface area contributed by atoms with E-state index in [1.807, 2.05) is 0 Å². The highest BCUT2D eigenvalue weighted by Gasteiger charge is 2.45. The van der Waals surface area contributed by atoms with Gasteiger partial charge in [0.15, 0.2) is 0 Å². The predicted octanol–water partition coefficient (Wildman–Crippen LogP) is -0.572. The van der Waals surface area contributed by atoms with Crippen LogP contribution in [-0.4, -0.2) is 58.3 Å². The molecule has 0 radical (unpaired) electrons. The molecular formula is C17H34N2O2+2. The third kappa shape index (κ3) is 5.35. The summed E-state index contributed by atoms with van der Waals surface area (Å²) < 4.78 is 11.1. The maximum Gasteiger partial charge on any atom is 0.150 e. The van der Waals surface area contributed by atoms with Crippen LogP contribution in [0.2, 0.25) is 0 Å². The Morgan fingerprint density at radius 3 is 2.71 bits per heavy atom. The largest absolute Gasteiger partial charge is 0.384 e. The van der Waals surface area contributed by atoms with Gasteiger partial charge in [0.1, 0.15) is 18.2 Å². The second kappa shape index (κ2) is 7.70. The van der Waals surface area contributed by atoms with E-state index in [9.17, 15) is 0 Å². The van der Waals surface area contributed by atoms with Gasteiger partial charge in [-0.3, -0.25) is 4.99 Å². The minimum Gasteiger partial charge on any atom is -0.384 e. The molecule has 0 aromatic carbocycles. The van der Waals surface area contributed by atoms with E-state index in [1.165, 1.54) is 32.5 Å². The highest BCUT2D eigenvalue weighted by molar-refractivity contribution is 5.60. The summed E-state index contributed by atoms with van der Waals surface area (Å²) >= 11 is 0. The number of methoxy groups -OCH3 is 1. The first-order valence-electron chi connectivity index (χ1n) is 8.60. The van der Waals surface area contributed by atoms with Crippen molar-refractivity contribution in [1.29, 1.82) is 0 Å². The third-order valence-corrected chi connectivity index (χ3v) is 4.86. The van der Waals surface area contributed by atoms with Crippen LogP contribution in [-0.2, 0) is 9.47 Å². The lowest BCUT2D eigenvalue weighted by atomic mass is 9.74. The Hall–Kier alpha value is -0.450. The average molecular weight is 298 g/mol. The Bertz CT molecular complexity index is 338. The van der Waals surface area contributed by atoms with Crippen molar-refractivity contribution < 1.29 is 19.4 Å². The first-order valence-corrected chi connectivity index (χ1v) is 8.60. The SMILES string of the molecule is COCCC[NH+]=C[C@]1(C[NH+]2CCCC2)CCOC(C)(C)C1. The standard InChI is InChI=1S/C17H32N2O2/c1-16(2)13-17(7-12-21-16,14-18-8-6-11-20-3)15-19-9-4-5-10-19/h14H,4-13,15H2,1-3H3/p+2/t17-/m0/s1. The lowest BCUT2D eigenvalue weighted by Crippen LogP contribution is -3.11. The molecule has 0 unspecified atom stereocenters. The zero-order valence-electron chi connectivity index (χ0n) is 14.2. The van der Waals surface area contributed by atoms with E-state index in [4.69, 9.17) is 9.47 Å². The Labute approximate surface area is 129 Å². The summed E-state index contributed by atoms with van der Waals surface area (Å²) in [5.41, 5.74) is 0.288. The summed E-state index contributed by atoms with van der Waals surface area (Å²) in [6.45, 7) is 11.2. The van der Waals surface area contributed by atoms with Gasteiger partial charge in [0.2, 0.25) is 0 Å². The molecule has 2 saturated heterocycles. The summed E-state index contributed by atoms with van der Waals surface area (Å²) in [5.74, 6) is 0. The Morgan fingerprint density at radius 2 is 2.05 bits per heavy atom. The van der Waals surface area contributed by atoms with Crippen LogP contribution in [0.3, 0.4) is 0 Å². The van der Waals surface area contributed by atoms with Crippen LogP contribution in [0.25, 0.3) is 0 Å². The third-order valence-electron chi connectivity index (χ3n) is 4.86. The van der Waals surface area contributed by atoms with E-state index in [0.29, 0.717) is 0 Å². The van der Waals surface area contributed by atoms with Gasteiger partial charge >= 0.3 is 0 Å². The fraction of sp³-hybridized carbons (Fsp3) is 0.941. The number of likely N-dealkylation sites (tertiary alicyclic amines) is 1. The molecule has 0 saturated carbocycles. The van der Waals surface area contributed by atoms with Crippen molar-refractivity contribution in [2.75, 3.05) is 46.5 Å². The first-order chi connectivity index (χ1) is 10.1. The maximum absolute atomic E-state index is 5.95. The minimum absolute atomic E-state index is 0.00211. The monoisotopic (exact) mass is 298 g/mol. The maximum atomic E-state index is 5.95. The van der Waals surface area contributed by atoms with E-state index < -0.39 is 0 Å². The van der Waals surface area contributed by atoms with Gasteiger partial charge in [-0.15, -0.1) is 0 Å². The van der Waals surface area contributed by atoms with Gasteiger partial charge < -0.3 is 14.4 Å². The molecule has 2 rings (SSSR count). The molecule has 0 amide bonds. The molecule has 4 heteroatoms. The molecule has 1 atom stereocenters. The zero-order valence-corrected chi connectivity index (χ0v) is 14.2. The fourth-order valence-corrected chi connectivity index (χ4v) is 4.00. The van der Waals surface area contributed by atoms with Crippen LogP contribution in [0.5, 0.6) is 0 Å². The molecule has 0 aromatic rings. The zero-order chi connectivity index (χ0) is 15.2. The molecule has 21 heavy (non-hydrogen) atoms. The number of rotatable bonds is 7. The van der Waals surface area contributed by atoms with Gasteiger partial charge in [0.25, 0.3) is 0 Å². The Balaban J connectivity index is 1.98. The molecule has 4 nitrogen and oxygen atoms in total. The molecule has 122 valence electrons. The van der Waals surface area contributed by atoms with Crippen LogP contribution in [0.15, 0.2) is 0 Å². The van der Waals surface area contributed by atoms with E-state index in [0.717, 1.165) is 39.0 Å². The number of quaternary nitrogens is 1. The van der Waals surface area contributed by atoms with Gasteiger partial charge in [-0.1, -0.05) is 0 Å².